The van der Waals surface area contributed by atoms with E-state index in [1.165, 1.54) is 24.3 Å². The smallest absolute Gasteiger partial charge is 0.407 e. The highest BCUT2D eigenvalue weighted by molar-refractivity contribution is 5.87. The van der Waals surface area contributed by atoms with Gasteiger partial charge in [-0.15, -0.1) is 0 Å². The summed E-state index contributed by atoms with van der Waals surface area (Å²) in [7, 11) is 0. The van der Waals surface area contributed by atoms with E-state index in [0.717, 1.165) is 43.0 Å². The molecule has 0 unspecified atom stereocenters. The average Bonchev–Trinajstić information content (AvgIpc) is 4.38. The zero-order valence-electron chi connectivity index (χ0n) is 44.9. The van der Waals surface area contributed by atoms with Gasteiger partial charge in [0.05, 0.1) is 38.5 Å². The molecule has 0 spiro atoms. The molecule has 7 rings (SSSR count). The number of amides is 5. The zero-order valence-corrected chi connectivity index (χ0v) is 44.9. The van der Waals surface area contributed by atoms with Gasteiger partial charge < -0.3 is 79.4 Å². The molecule has 0 radical (unpaired) electrons. The van der Waals surface area contributed by atoms with Crippen LogP contribution in [-0.2, 0) is 89.4 Å². The summed E-state index contributed by atoms with van der Waals surface area (Å²) < 4.78 is 51.2. The van der Waals surface area contributed by atoms with Gasteiger partial charge in [0.15, 0.2) is 18.3 Å². The highest BCUT2D eigenvalue weighted by atomic mass is 16.7. The summed E-state index contributed by atoms with van der Waals surface area (Å²) >= 11 is 0. The largest absolute Gasteiger partial charge is 0.460 e. The predicted molar refractivity (Wildman–Crippen MR) is 280 cm³/mol. The van der Waals surface area contributed by atoms with Gasteiger partial charge in [0, 0.05) is 64.6 Å². The summed E-state index contributed by atoms with van der Waals surface area (Å²) in [5.74, 6) is -6.05. The third-order valence-corrected chi connectivity index (χ3v) is 13.6. The summed E-state index contributed by atoms with van der Waals surface area (Å²) in [6.07, 6.45) is -9.50. The summed E-state index contributed by atoms with van der Waals surface area (Å²) in [6.45, 7) is 5.37. The number of fused-ring (bicyclic) bond motifs is 4. The number of alkyl carbamates (subject to hydrolysis) is 1. The topological polar surface area (TPSA) is 337 Å². The number of hydrogen-bond acceptors (Lipinski definition) is 20. The minimum absolute atomic E-state index is 0.0197. The number of aliphatic hydroxyl groups is 2. The molecule has 0 aromatic heterocycles. The van der Waals surface area contributed by atoms with E-state index in [9.17, 15) is 48.3 Å². The lowest BCUT2D eigenvalue weighted by Crippen LogP contribution is -2.64. The van der Waals surface area contributed by atoms with Crippen molar-refractivity contribution < 1.29 is 96.0 Å². The molecule has 3 saturated heterocycles. The predicted octanol–water partition coefficient (Wildman–Crippen LogP) is 1.16. The quantitative estimate of drug-likeness (QED) is 0.0337. The van der Waals surface area contributed by atoms with E-state index in [1.807, 2.05) is 48.5 Å². The van der Waals surface area contributed by atoms with Crippen LogP contribution in [0.4, 0.5) is 4.79 Å². The molecule has 0 saturated carbocycles. The SMILES string of the molecule is C=CCOC(=O)[C@H]1O[C@@H](Oc2ccc(CO)cc2CNC(=O)CCNC(=O)[C@H](CCCC(=O)N[C@H]2CO[C@H]3[C@@H]2OC[C@@H]3NC(=O)CCO)NC(=O)OCC2c3ccccc3-c3ccccc32)[C@H](OC(C)=O)[C@@H](OC(C)=O)[C@@H]1OC(C)=O. The molecule has 4 aliphatic rings. The lowest BCUT2D eigenvalue weighted by Gasteiger charge is -2.43. The molecule has 25 heteroatoms. The van der Waals surface area contributed by atoms with Crippen LogP contribution in [0.5, 0.6) is 5.75 Å². The molecule has 3 heterocycles. The lowest BCUT2D eigenvalue weighted by molar-refractivity contribution is -0.282. The second-order valence-corrected chi connectivity index (χ2v) is 19.4. The van der Waals surface area contributed by atoms with E-state index in [2.05, 4.69) is 33.2 Å². The molecule has 5 amide bonds. The Morgan fingerprint density at radius 1 is 0.716 bits per heavy atom. The first-order chi connectivity index (χ1) is 39.0. The summed E-state index contributed by atoms with van der Waals surface area (Å²) in [4.78, 5) is 117. The number of benzene rings is 3. The molecule has 7 N–H and O–H groups in total. The van der Waals surface area contributed by atoms with Crippen molar-refractivity contribution >= 4 is 53.6 Å². The molecule has 81 heavy (non-hydrogen) atoms. The van der Waals surface area contributed by atoms with Crippen LogP contribution in [0.15, 0.2) is 79.4 Å². The van der Waals surface area contributed by atoms with Crippen LogP contribution < -0.4 is 31.3 Å². The molecule has 0 bridgehead atoms. The number of hydrogen-bond donors (Lipinski definition) is 7. The Balaban J connectivity index is 0.984. The molecule has 25 nitrogen and oxygen atoms in total. The van der Waals surface area contributed by atoms with Gasteiger partial charge in [-0.2, -0.15) is 0 Å². The van der Waals surface area contributed by atoms with E-state index < -0.39 is 109 Å². The molecule has 436 valence electrons. The maximum Gasteiger partial charge on any atom is 0.407 e. The van der Waals surface area contributed by atoms with Crippen molar-refractivity contribution in [2.75, 3.05) is 39.6 Å². The van der Waals surface area contributed by atoms with Crippen LogP contribution in [0.25, 0.3) is 11.1 Å². The highest BCUT2D eigenvalue weighted by Crippen LogP contribution is 2.44. The summed E-state index contributed by atoms with van der Waals surface area (Å²) in [5, 5.41) is 32.9. The number of aliphatic hydroxyl groups excluding tert-OH is 2. The second-order valence-electron chi connectivity index (χ2n) is 19.4. The minimum Gasteiger partial charge on any atom is -0.460 e. The van der Waals surface area contributed by atoms with Crippen LogP contribution in [0.3, 0.4) is 0 Å². The number of nitrogens with one attached hydrogen (secondary N) is 5. The number of carbonyl (C=O) groups is 9. The van der Waals surface area contributed by atoms with Gasteiger partial charge in [-0.25, -0.2) is 9.59 Å². The Kier molecular flexibility index (Phi) is 21.7. The first kappa shape index (κ1) is 60.7. The Morgan fingerprint density at radius 2 is 1.32 bits per heavy atom. The van der Waals surface area contributed by atoms with Crippen molar-refractivity contribution in [2.24, 2.45) is 0 Å². The fraction of sp³-hybridized carbons (Fsp3) is 0.482. The van der Waals surface area contributed by atoms with Crippen molar-refractivity contribution in [1.29, 1.82) is 0 Å². The summed E-state index contributed by atoms with van der Waals surface area (Å²) in [6, 6.07) is 17.8. The lowest BCUT2D eigenvalue weighted by atomic mass is 9.97. The highest BCUT2D eigenvalue weighted by Gasteiger charge is 2.56. The van der Waals surface area contributed by atoms with Gasteiger partial charge in [0.2, 0.25) is 36.0 Å². The first-order valence-corrected chi connectivity index (χ1v) is 26.4. The van der Waals surface area contributed by atoms with Crippen molar-refractivity contribution in [3.63, 3.8) is 0 Å². The Morgan fingerprint density at radius 3 is 1.93 bits per heavy atom. The van der Waals surface area contributed by atoms with Crippen LogP contribution >= 0.6 is 0 Å². The fourth-order valence-electron chi connectivity index (χ4n) is 10.0. The Hall–Kier alpha value is -7.97. The average molecular weight is 1130 g/mol. The summed E-state index contributed by atoms with van der Waals surface area (Å²) in [5.41, 5.74) is 4.62. The molecule has 3 fully saturated rings. The van der Waals surface area contributed by atoms with Gasteiger partial charge in [-0.05, 0) is 52.8 Å². The third-order valence-electron chi connectivity index (χ3n) is 13.6. The van der Waals surface area contributed by atoms with E-state index >= 15 is 0 Å². The van der Waals surface area contributed by atoms with E-state index in [4.69, 9.17) is 47.7 Å². The molecule has 1 aliphatic carbocycles. The van der Waals surface area contributed by atoms with Gasteiger partial charge in [-0.3, -0.25) is 33.6 Å². The van der Waals surface area contributed by atoms with E-state index in [1.54, 1.807) is 0 Å². The van der Waals surface area contributed by atoms with Crippen molar-refractivity contribution in [1.82, 2.24) is 26.6 Å². The van der Waals surface area contributed by atoms with Gasteiger partial charge in [0.25, 0.3) is 0 Å². The van der Waals surface area contributed by atoms with Crippen molar-refractivity contribution in [2.45, 2.75) is 133 Å². The van der Waals surface area contributed by atoms with Crippen LogP contribution in [0.2, 0.25) is 0 Å². The molecular weight excluding hydrogens is 1060 g/mol. The third kappa shape index (κ3) is 16.1. The molecule has 10 atom stereocenters. The standard InChI is InChI=1S/C56H67N5O20/c1-5-23-73-54(71)51-49(77-30(2)64)50(78-31(3)65)52(79-32(4)66)55(81-51)80-43-18-17-33(26-63)24-34(43)25-58-44(67)19-21-57-53(70)40(61-56(72)76-27-39-37-13-8-6-11-35(37)36-12-7-9-14-38(36)39)15-10-16-45(68)59-41-28-74-48-42(29-75-47(41)48)60-46(69)20-22-62/h5-9,11-14,17-18,24,39-42,47-52,55,62-63H,1,10,15-16,19-23,25-29H2,2-4H3,(H,57,70)(H,58,67)(H,59,68)(H,60,69)(H,61,72)/t40-,41-,42-,47+,48+,49-,50-,51-,52+,55+/m0/s1. The van der Waals surface area contributed by atoms with Gasteiger partial charge in [-0.1, -0.05) is 67.3 Å². The molecule has 3 aromatic carbocycles. The van der Waals surface area contributed by atoms with Gasteiger partial charge in [0.1, 0.15) is 37.2 Å². The number of carbonyl (C=O) groups excluding carboxylic acids is 9. The maximum absolute atomic E-state index is 13.9. The Bertz CT molecular complexity index is 2750. The van der Waals surface area contributed by atoms with Crippen LogP contribution in [0.1, 0.15) is 81.0 Å². The fourth-order valence-corrected chi connectivity index (χ4v) is 10.0. The van der Waals surface area contributed by atoms with E-state index in [-0.39, 0.29) is 107 Å². The first-order valence-electron chi connectivity index (χ1n) is 26.4. The van der Waals surface area contributed by atoms with Crippen LogP contribution in [-0.4, -0.2) is 164 Å². The zero-order chi connectivity index (χ0) is 58.2. The molecule has 3 aliphatic heterocycles. The van der Waals surface area contributed by atoms with E-state index in [0.29, 0.717) is 5.56 Å². The van der Waals surface area contributed by atoms with Gasteiger partial charge >= 0.3 is 30.0 Å². The second kappa shape index (κ2) is 29.0. The molecular formula is C56H67N5O20. The van der Waals surface area contributed by atoms with Crippen molar-refractivity contribution in [3.05, 3.63) is 102 Å². The maximum atomic E-state index is 13.9. The molecule has 3 aromatic rings. The van der Waals surface area contributed by atoms with Crippen LogP contribution in [0, 0.1) is 0 Å². The minimum atomic E-state index is -1.79. The van der Waals surface area contributed by atoms with Crippen molar-refractivity contribution in [3.8, 4) is 16.9 Å². The monoisotopic (exact) mass is 1130 g/mol. The number of ether oxygens (including phenoxy) is 9. The number of rotatable bonds is 26. The normalized spacial score (nSPS) is 22.7. The Labute approximate surface area is 466 Å². The number of esters is 4.